The molecule has 1 aromatic rings. The fourth-order valence-corrected chi connectivity index (χ4v) is 2.50. The number of anilines is 1. The highest BCUT2D eigenvalue weighted by molar-refractivity contribution is 7.13. The molecule has 5 heteroatoms. The van der Waals surface area contributed by atoms with Gasteiger partial charge >= 0.3 is 0 Å². The quantitative estimate of drug-likeness (QED) is 0.809. The van der Waals surface area contributed by atoms with Crippen LogP contribution in [0.2, 0.25) is 0 Å². The summed E-state index contributed by atoms with van der Waals surface area (Å²) in [5.41, 5.74) is 0. The maximum Gasteiger partial charge on any atom is 0.243 e. The molecule has 2 heterocycles. The molecule has 4 nitrogen and oxygen atoms in total. The minimum Gasteiger partial charge on any atom is -0.348 e. The molecule has 0 bridgehead atoms. The van der Waals surface area contributed by atoms with Crippen molar-refractivity contribution in [1.82, 2.24) is 10.3 Å². The van der Waals surface area contributed by atoms with Crippen molar-refractivity contribution >= 4 is 22.4 Å². The maximum atomic E-state index is 11.4. The van der Waals surface area contributed by atoms with E-state index in [1.165, 1.54) is 0 Å². The predicted molar refractivity (Wildman–Crippen MR) is 65.7 cm³/mol. The molecule has 0 spiro atoms. The second-order valence-corrected chi connectivity index (χ2v) is 4.63. The number of aromatic nitrogens is 1. The molecule has 1 aromatic heterocycles. The number of nitrogens with one attached hydrogen (secondary N) is 1. The molecule has 1 fully saturated rings. The third kappa shape index (κ3) is 2.61. The fraction of sp³-hybridized carbons (Fsp3) is 0.455. The fourth-order valence-electron chi connectivity index (χ4n) is 1.82. The molecule has 1 unspecified atom stereocenters. The maximum absolute atomic E-state index is 11.4. The van der Waals surface area contributed by atoms with Crippen molar-refractivity contribution in [2.45, 2.75) is 19.4 Å². The summed E-state index contributed by atoms with van der Waals surface area (Å²) in [6.07, 6.45) is 6.11. The van der Waals surface area contributed by atoms with Crippen LogP contribution < -0.4 is 10.2 Å². The number of hydrogen-bond acceptors (Lipinski definition) is 4. The molecule has 2 rings (SSSR count). The number of allylic oxidation sites excluding steroid dienone is 1. The van der Waals surface area contributed by atoms with E-state index in [-0.39, 0.29) is 11.9 Å². The molecule has 16 heavy (non-hydrogen) atoms. The zero-order valence-corrected chi connectivity index (χ0v) is 10.0. The second kappa shape index (κ2) is 5.12. The number of nitrogens with zero attached hydrogens (tertiary/aromatic N) is 2. The first-order valence-electron chi connectivity index (χ1n) is 5.37. The standard InChI is InChI=1S/C11H15N3OS/c1-2-3-10(15)13-9-4-6-14(8-9)11-12-5-7-16-11/h2-3,5,7,9H,4,6,8H2,1H3,(H,13,15)/b3-2+. The molecule has 1 atom stereocenters. The van der Waals surface area contributed by atoms with Crippen molar-refractivity contribution < 1.29 is 4.79 Å². The Morgan fingerprint density at radius 1 is 1.75 bits per heavy atom. The van der Waals surface area contributed by atoms with E-state index in [0.717, 1.165) is 24.6 Å². The van der Waals surface area contributed by atoms with E-state index >= 15 is 0 Å². The van der Waals surface area contributed by atoms with Crippen LogP contribution in [0.15, 0.2) is 23.7 Å². The smallest absolute Gasteiger partial charge is 0.243 e. The van der Waals surface area contributed by atoms with Gasteiger partial charge in [-0.05, 0) is 19.4 Å². The number of rotatable bonds is 3. The third-order valence-electron chi connectivity index (χ3n) is 2.54. The summed E-state index contributed by atoms with van der Waals surface area (Å²) < 4.78 is 0. The number of carbonyl (C=O) groups excluding carboxylic acids is 1. The van der Waals surface area contributed by atoms with E-state index in [0.29, 0.717) is 0 Å². The van der Waals surface area contributed by atoms with Crippen LogP contribution in [0.1, 0.15) is 13.3 Å². The first-order chi connectivity index (χ1) is 7.79. The van der Waals surface area contributed by atoms with Crippen LogP contribution in [-0.4, -0.2) is 30.0 Å². The van der Waals surface area contributed by atoms with E-state index in [1.807, 2.05) is 18.5 Å². The van der Waals surface area contributed by atoms with Gasteiger partial charge in [-0.1, -0.05) is 6.08 Å². The van der Waals surface area contributed by atoms with Crippen LogP contribution in [0.5, 0.6) is 0 Å². The summed E-state index contributed by atoms with van der Waals surface area (Å²) in [5.74, 6) is -0.00603. The Balaban J connectivity index is 1.86. The minimum absolute atomic E-state index is 0.00603. The molecule has 1 saturated heterocycles. The molecule has 1 amide bonds. The monoisotopic (exact) mass is 237 g/mol. The Morgan fingerprint density at radius 2 is 2.62 bits per heavy atom. The van der Waals surface area contributed by atoms with Crippen molar-refractivity contribution in [1.29, 1.82) is 0 Å². The number of carbonyl (C=O) groups is 1. The van der Waals surface area contributed by atoms with Crippen molar-refractivity contribution in [3.05, 3.63) is 23.7 Å². The summed E-state index contributed by atoms with van der Waals surface area (Å²) in [5, 5.41) is 6.00. The van der Waals surface area contributed by atoms with Gasteiger partial charge in [0.2, 0.25) is 5.91 Å². The molecule has 0 radical (unpaired) electrons. The largest absolute Gasteiger partial charge is 0.348 e. The third-order valence-corrected chi connectivity index (χ3v) is 3.37. The van der Waals surface area contributed by atoms with Gasteiger partial charge in [-0.15, -0.1) is 11.3 Å². The van der Waals surface area contributed by atoms with Crippen LogP contribution in [0.4, 0.5) is 5.13 Å². The van der Waals surface area contributed by atoms with Gasteiger partial charge in [0, 0.05) is 30.7 Å². The molecule has 0 saturated carbocycles. The number of hydrogen-bond donors (Lipinski definition) is 1. The highest BCUT2D eigenvalue weighted by Gasteiger charge is 2.24. The minimum atomic E-state index is -0.00603. The molecule has 86 valence electrons. The van der Waals surface area contributed by atoms with E-state index in [9.17, 15) is 4.79 Å². The van der Waals surface area contributed by atoms with Gasteiger partial charge in [-0.25, -0.2) is 4.98 Å². The van der Waals surface area contributed by atoms with Gasteiger partial charge in [0.05, 0.1) is 0 Å². The van der Waals surface area contributed by atoms with Gasteiger partial charge in [0.1, 0.15) is 0 Å². The lowest BCUT2D eigenvalue weighted by atomic mass is 10.2. The molecular formula is C11H15N3OS. The average molecular weight is 237 g/mol. The summed E-state index contributed by atoms with van der Waals surface area (Å²) in [6.45, 7) is 3.67. The molecule has 1 aliphatic heterocycles. The van der Waals surface area contributed by atoms with Crippen LogP contribution in [-0.2, 0) is 4.79 Å². The first kappa shape index (κ1) is 11.1. The van der Waals surface area contributed by atoms with Gasteiger partial charge in [-0.3, -0.25) is 4.79 Å². The molecule has 0 aromatic carbocycles. The highest BCUT2D eigenvalue weighted by Crippen LogP contribution is 2.22. The SMILES string of the molecule is C/C=C/C(=O)NC1CCN(c2nccs2)C1. The van der Waals surface area contributed by atoms with Crippen molar-refractivity contribution in [2.75, 3.05) is 18.0 Å². The Morgan fingerprint density at radius 3 is 3.31 bits per heavy atom. The lowest BCUT2D eigenvalue weighted by Crippen LogP contribution is -2.36. The van der Waals surface area contributed by atoms with Gasteiger partial charge < -0.3 is 10.2 Å². The molecule has 1 aliphatic rings. The van der Waals surface area contributed by atoms with Gasteiger partial charge in [0.25, 0.3) is 0 Å². The lowest BCUT2D eigenvalue weighted by molar-refractivity contribution is -0.117. The Kier molecular flexibility index (Phi) is 3.56. The zero-order chi connectivity index (χ0) is 11.4. The molecule has 1 N–H and O–H groups in total. The number of amides is 1. The highest BCUT2D eigenvalue weighted by atomic mass is 32.1. The van der Waals surface area contributed by atoms with Crippen LogP contribution in [0.25, 0.3) is 0 Å². The van der Waals surface area contributed by atoms with Crippen molar-refractivity contribution in [2.24, 2.45) is 0 Å². The summed E-state index contributed by atoms with van der Waals surface area (Å²) >= 11 is 1.64. The van der Waals surface area contributed by atoms with Crippen LogP contribution in [0.3, 0.4) is 0 Å². The molecule has 0 aliphatic carbocycles. The summed E-state index contributed by atoms with van der Waals surface area (Å²) in [4.78, 5) is 17.8. The summed E-state index contributed by atoms with van der Waals surface area (Å²) in [7, 11) is 0. The summed E-state index contributed by atoms with van der Waals surface area (Å²) in [6, 6.07) is 0.243. The normalized spacial score (nSPS) is 20.6. The first-order valence-corrected chi connectivity index (χ1v) is 6.25. The van der Waals surface area contributed by atoms with Crippen LogP contribution in [0, 0.1) is 0 Å². The second-order valence-electron chi connectivity index (χ2n) is 3.75. The average Bonchev–Trinajstić information content (AvgIpc) is 2.86. The van der Waals surface area contributed by atoms with Crippen LogP contribution >= 0.6 is 11.3 Å². The lowest BCUT2D eigenvalue weighted by Gasteiger charge is -2.15. The predicted octanol–water partition coefficient (Wildman–Crippen LogP) is 1.41. The van der Waals surface area contributed by atoms with Crippen molar-refractivity contribution in [3.63, 3.8) is 0 Å². The van der Waals surface area contributed by atoms with E-state index in [4.69, 9.17) is 0 Å². The number of thiazole rings is 1. The van der Waals surface area contributed by atoms with E-state index in [1.54, 1.807) is 23.5 Å². The Labute approximate surface area is 99.0 Å². The Bertz CT molecular complexity index is 375. The molecular weight excluding hydrogens is 222 g/mol. The zero-order valence-electron chi connectivity index (χ0n) is 9.22. The van der Waals surface area contributed by atoms with Gasteiger partial charge in [0.15, 0.2) is 5.13 Å². The Hall–Kier alpha value is -1.36. The topological polar surface area (TPSA) is 45.2 Å². The van der Waals surface area contributed by atoms with E-state index in [2.05, 4.69) is 15.2 Å². The van der Waals surface area contributed by atoms with E-state index < -0.39 is 0 Å². The van der Waals surface area contributed by atoms with Crippen molar-refractivity contribution in [3.8, 4) is 0 Å². The van der Waals surface area contributed by atoms with Gasteiger partial charge in [-0.2, -0.15) is 0 Å².